The monoisotopic (exact) mass is 241 g/mol. The first-order valence-electron chi connectivity index (χ1n) is 7.03. The molecule has 1 heterocycles. The van der Waals surface area contributed by atoms with Gasteiger partial charge in [-0.1, -0.05) is 39.5 Å². The van der Waals surface area contributed by atoms with Crippen molar-refractivity contribution in [3.8, 4) is 0 Å². The average Bonchev–Trinajstić information content (AvgIpc) is 2.22. The highest BCUT2D eigenvalue weighted by Crippen LogP contribution is 2.27. The van der Waals surface area contributed by atoms with Crippen LogP contribution in [0, 0.1) is 11.8 Å². The summed E-state index contributed by atoms with van der Waals surface area (Å²) in [5.74, 6) is -0.464. The fraction of sp³-hybridized carbons (Fsp3) is 0.929. The molecule has 1 N–H and O–H groups in total. The molecule has 0 saturated carbocycles. The summed E-state index contributed by atoms with van der Waals surface area (Å²) in [7, 11) is 0. The second-order valence-corrected chi connectivity index (χ2v) is 5.54. The number of carbonyl (C=O) groups is 1. The molecular formula is C14H27NO2. The van der Waals surface area contributed by atoms with Crippen molar-refractivity contribution >= 4 is 5.97 Å². The van der Waals surface area contributed by atoms with E-state index < -0.39 is 5.97 Å². The number of nitrogens with zero attached hydrogens (tertiary/aromatic N) is 1. The molecule has 0 aromatic carbocycles. The second kappa shape index (κ2) is 7.00. The molecule has 3 heteroatoms. The molecule has 2 unspecified atom stereocenters. The molecule has 3 nitrogen and oxygen atoms in total. The third-order valence-corrected chi connectivity index (χ3v) is 4.13. The van der Waals surface area contributed by atoms with Crippen LogP contribution < -0.4 is 0 Å². The van der Waals surface area contributed by atoms with Crippen molar-refractivity contribution in [1.82, 2.24) is 4.90 Å². The molecule has 0 aromatic heterocycles. The molecule has 2 atom stereocenters. The minimum atomic E-state index is -0.648. The van der Waals surface area contributed by atoms with Crippen molar-refractivity contribution in [1.29, 1.82) is 0 Å². The molecule has 0 amide bonds. The van der Waals surface area contributed by atoms with E-state index in [1.165, 1.54) is 32.1 Å². The zero-order valence-electron chi connectivity index (χ0n) is 11.5. The van der Waals surface area contributed by atoms with E-state index in [0.29, 0.717) is 12.0 Å². The largest absolute Gasteiger partial charge is 0.481 e. The lowest BCUT2D eigenvalue weighted by atomic mass is 9.85. The Bertz CT molecular complexity index is 236. The van der Waals surface area contributed by atoms with Gasteiger partial charge in [-0.3, -0.25) is 9.69 Å². The van der Waals surface area contributed by atoms with E-state index in [4.69, 9.17) is 5.11 Å². The maximum Gasteiger partial charge on any atom is 0.306 e. The zero-order chi connectivity index (χ0) is 12.8. The lowest BCUT2D eigenvalue weighted by Crippen LogP contribution is -2.54. The molecule has 17 heavy (non-hydrogen) atoms. The molecule has 0 radical (unpaired) electrons. The standard InChI is InChI=1S/C14H27NO2/c1-4-5-6-7-8-11(2)15-9-13(10-15)12(3)14(16)17/h11-13H,4-10H2,1-3H3,(H,16,17). The van der Waals surface area contributed by atoms with Crippen LogP contribution >= 0.6 is 0 Å². The molecule has 1 fully saturated rings. The van der Waals surface area contributed by atoms with Crippen molar-refractivity contribution in [2.24, 2.45) is 11.8 Å². The molecule has 1 rings (SSSR count). The summed E-state index contributed by atoms with van der Waals surface area (Å²) in [5, 5.41) is 8.92. The Morgan fingerprint density at radius 1 is 1.29 bits per heavy atom. The third kappa shape index (κ3) is 4.30. The Morgan fingerprint density at radius 2 is 1.94 bits per heavy atom. The van der Waals surface area contributed by atoms with E-state index in [1.54, 1.807) is 0 Å². The molecule has 0 aliphatic carbocycles. The normalized spacial score (nSPS) is 20.9. The summed E-state index contributed by atoms with van der Waals surface area (Å²) in [6.45, 7) is 8.28. The van der Waals surface area contributed by atoms with Gasteiger partial charge in [0.25, 0.3) is 0 Å². The lowest BCUT2D eigenvalue weighted by Gasteiger charge is -2.45. The van der Waals surface area contributed by atoms with E-state index in [2.05, 4.69) is 18.7 Å². The fourth-order valence-corrected chi connectivity index (χ4v) is 2.48. The first kappa shape index (κ1) is 14.5. The first-order chi connectivity index (χ1) is 8.06. The van der Waals surface area contributed by atoms with Gasteiger partial charge in [0.15, 0.2) is 0 Å². The summed E-state index contributed by atoms with van der Waals surface area (Å²) in [6.07, 6.45) is 6.53. The zero-order valence-corrected chi connectivity index (χ0v) is 11.5. The van der Waals surface area contributed by atoms with E-state index >= 15 is 0 Å². The first-order valence-corrected chi connectivity index (χ1v) is 7.03. The highest BCUT2D eigenvalue weighted by atomic mass is 16.4. The van der Waals surface area contributed by atoms with Gasteiger partial charge in [0.1, 0.15) is 0 Å². The molecule has 1 saturated heterocycles. The smallest absolute Gasteiger partial charge is 0.306 e. The summed E-state index contributed by atoms with van der Waals surface area (Å²) in [6, 6.07) is 0.629. The van der Waals surface area contributed by atoms with Crippen molar-refractivity contribution in [2.45, 2.75) is 58.9 Å². The number of unbranched alkanes of at least 4 members (excludes halogenated alkanes) is 3. The number of hydrogen-bond acceptors (Lipinski definition) is 2. The van der Waals surface area contributed by atoms with Gasteiger partial charge in [-0.05, 0) is 19.3 Å². The number of hydrogen-bond donors (Lipinski definition) is 1. The van der Waals surface area contributed by atoms with Crippen molar-refractivity contribution in [2.75, 3.05) is 13.1 Å². The average molecular weight is 241 g/mol. The van der Waals surface area contributed by atoms with Crippen LogP contribution in [0.15, 0.2) is 0 Å². The molecule has 1 aliphatic rings. The maximum atomic E-state index is 10.8. The summed E-state index contributed by atoms with van der Waals surface area (Å²) in [4.78, 5) is 13.3. The summed E-state index contributed by atoms with van der Waals surface area (Å²) >= 11 is 0. The quantitative estimate of drug-likeness (QED) is 0.664. The van der Waals surface area contributed by atoms with Crippen LogP contribution in [-0.2, 0) is 4.79 Å². The van der Waals surface area contributed by atoms with E-state index in [0.717, 1.165) is 13.1 Å². The number of aliphatic carboxylic acids is 1. The number of carboxylic acids is 1. The molecular weight excluding hydrogens is 214 g/mol. The molecule has 0 aromatic rings. The Labute approximate surface area is 105 Å². The van der Waals surface area contributed by atoms with Gasteiger partial charge in [-0.2, -0.15) is 0 Å². The molecule has 100 valence electrons. The number of carboxylic acid groups (broad SMARTS) is 1. The van der Waals surface area contributed by atoms with Gasteiger partial charge < -0.3 is 5.11 Å². The van der Waals surface area contributed by atoms with Crippen LogP contribution in [0.4, 0.5) is 0 Å². The fourth-order valence-electron chi connectivity index (χ4n) is 2.48. The van der Waals surface area contributed by atoms with E-state index in [-0.39, 0.29) is 5.92 Å². The van der Waals surface area contributed by atoms with Crippen LogP contribution in [0.25, 0.3) is 0 Å². The van der Waals surface area contributed by atoms with E-state index in [1.807, 2.05) is 6.92 Å². The Kier molecular flexibility index (Phi) is 5.96. The highest BCUT2D eigenvalue weighted by molar-refractivity contribution is 5.70. The predicted octanol–water partition coefficient (Wildman–Crippen LogP) is 3.00. The van der Waals surface area contributed by atoms with Crippen molar-refractivity contribution in [3.05, 3.63) is 0 Å². The Hall–Kier alpha value is -0.570. The molecule has 1 aliphatic heterocycles. The number of likely N-dealkylation sites (tertiary alicyclic amines) is 1. The maximum absolute atomic E-state index is 10.8. The topological polar surface area (TPSA) is 40.5 Å². The van der Waals surface area contributed by atoms with Gasteiger partial charge in [0.2, 0.25) is 0 Å². The van der Waals surface area contributed by atoms with Crippen LogP contribution in [-0.4, -0.2) is 35.1 Å². The van der Waals surface area contributed by atoms with Gasteiger partial charge >= 0.3 is 5.97 Å². The van der Waals surface area contributed by atoms with E-state index in [9.17, 15) is 4.79 Å². The van der Waals surface area contributed by atoms with Gasteiger partial charge in [-0.25, -0.2) is 0 Å². The SMILES string of the molecule is CCCCCCC(C)N1CC(C(C)C(=O)O)C1. The highest BCUT2D eigenvalue weighted by Gasteiger charge is 2.36. The second-order valence-electron chi connectivity index (χ2n) is 5.54. The third-order valence-electron chi connectivity index (χ3n) is 4.13. The van der Waals surface area contributed by atoms with Gasteiger partial charge in [0.05, 0.1) is 5.92 Å². The van der Waals surface area contributed by atoms with Crippen molar-refractivity contribution in [3.63, 3.8) is 0 Å². The van der Waals surface area contributed by atoms with Crippen LogP contribution in [0.3, 0.4) is 0 Å². The number of rotatable bonds is 8. The molecule has 0 spiro atoms. The van der Waals surface area contributed by atoms with Crippen LogP contribution in [0.2, 0.25) is 0 Å². The van der Waals surface area contributed by atoms with Gasteiger partial charge in [0, 0.05) is 19.1 Å². The lowest BCUT2D eigenvalue weighted by molar-refractivity contribution is -0.146. The predicted molar refractivity (Wildman–Crippen MR) is 70.1 cm³/mol. The van der Waals surface area contributed by atoms with Crippen LogP contribution in [0.5, 0.6) is 0 Å². The minimum absolute atomic E-state index is 0.182. The van der Waals surface area contributed by atoms with Crippen molar-refractivity contribution < 1.29 is 9.90 Å². The van der Waals surface area contributed by atoms with Gasteiger partial charge in [-0.15, -0.1) is 0 Å². The van der Waals surface area contributed by atoms with Crippen LogP contribution in [0.1, 0.15) is 52.9 Å². The Balaban J connectivity index is 2.12. The summed E-state index contributed by atoms with van der Waals surface area (Å²) in [5.41, 5.74) is 0. The Morgan fingerprint density at radius 3 is 2.47 bits per heavy atom. The molecule has 0 bridgehead atoms. The minimum Gasteiger partial charge on any atom is -0.481 e. The summed E-state index contributed by atoms with van der Waals surface area (Å²) < 4.78 is 0.